The smallest absolute Gasteiger partial charge is 0.329 e. The van der Waals surface area contributed by atoms with Crippen molar-refractivity contribution >= 4 is 11.9 Å². The number of amides is 1. The molecule has 5 heteroatoms. The number of aliphatic carboxylic acids is 1. The van der Waals surface area contributed by atoms with Crippen molar-refractivity contribution in [1.82, 2.24) is 5.32 Å². The van der Waals surface area contributed by atoms with Gasteiger partial charge in [0.25, 0.3) is 0 Å². The molecule has 92 valence electrons. The summed E-state index contributed by atoms with van der Waals surface area (Å²) in [5.41, 5.74) is -1.64. The molecule has 0 spiro atoms. The Kier molecular flexibility index (Phi) is 3.57. The lowest BCUT2D eigenvalue weighted by Crippen LogP contribution is -2.61. The normalized spacial score (nSPS) is 34.4. The van der Waals surface area contributed by atoms with Crippen LogP contribution in [0.5, 0.6) is 0 Å². The zero-order chi connectivity index (χ0) is 12.4. The Morgan fingerprint density at radius 3 is 2.56 bits per heavy atom. The lowest BCUT2D eigenvalue weighted by Gasteiger charge is -2.43. The quantitative estimate of drug-likeness (QED) is 0.754. The SMILES string of the molecule is CCC1(C)CC(NC(C)=O)(C(=O)O)CCO1. The summed E-state index contributed by atoms with van der Waals surface area (Å²) in [6, 6.07) is 0. The zero-order valence-electron chi connectivity index (χ0n) is 10.0. The van der Waals surface area contributed by atoms with Gasteiger partial charge in [-0.1, -0.05) is 6.92 Å². The summed E-state index contributed by atoms with van der Waals surface area (Å²) in [5, 5.41) is 11.9. The number of nitrogens with one attached hydrogen (secondary N) is 1. The van der Waals surface area contributed by atoms with E-state index in [9.17, 15) is 14.7 Å². The number of carboxylic acids is 1. The summed E-state index contributed by atoms with van der Waals surface area (Å²) in [4.78, 5) is 22.5. The van der Waals surface area contributed by atoms with Crippen LogP contribution in [0.25, 0.3) is 0 Å². The molecule has 1 amide bonds. The Morgan fingerprint density at radius 1 is 1.50 bits per heavy atom. The molecule has 0 aromatic rings. The molecule has 0 aromatic carbocycles. The summed E-state index contributed by atoms with van der Waals surface area (Å²) in [7, 11) is 0. The minimum absolute atomic E-state index is 0.311. The van der Waals surface area contributed by atoms with E-state index in [0.717, 1.165) is 6.42 Å². The second-order valence-electron chi connectivity index (χ2n) is 4.65. The van der Waals surface area contributed by atoms with Crippen molar-refractivity contribution in [1.29, 1.82) is 0 Å². The van der Waals surface area contributed by atoms with Crippen molar-refractivity contribution in [2.45, 2.75) is 51.2 Å². The maximum atomic E-state index is 11.3. The van der Waals surface area contributed by atoms with Crippen LogP contribution in [0.4, 0.5) is 0 Å². The molecule has 1 rings (SSSR count). The minimum atomic E-state index is -1.17. The molecule has 0 aliphatic carbocycles. The monoisotopic (exact) mass is 229 g/mol. The second kappa shape index (κ2) is 4.41. The van der Waals surface area contributed by atoms with Crippen LogP contribution in [0.2, 0.25) is 0 Å². The topological polar surface area (TPSA) is 75.6 Å². The summed E-state index contributed by atoms with van der Waals surface area (Å²) < 4.78 is 5.59. The third kappa shape index (κ3) is 2.52. The fraction of sp³-hybridized carbons (Fsp3) is 0.818. The van der Waals surface area contributed by atoms with Crippen LogP contribution in [0.15, 0.2) is 0 Å². The Hall–Kier alpha value is -1.10. The molecule has 2 N–H and O–H groups in total. The van der Waals surface area contributed by atoms with Crippen molar-refractivity contribution in [2.75, 3.05) is 6.61 Å². The molecule has 1 aliphatic heterocycles. The Morgan fingerprint density at radius 2 is 2.12 bits per heavy atom. The third-order valence-corrected chi connectivity index (χ3v) is 3.23. The van der Waals surface area contributed by atoms with Crippen LogP contribution in [0.1, 0.15) is 40.0 Å². The predicted molar refractivity (Wildman–Crippen MR) is 58.1 cm³/mol. The summed E-state index contributed by atoms with van der Waals surface area (Å²) in [6.07, 6.45) is 1.35. The lowest BCUT2D eigenvalue weighted by molar-refractivity contribution is -0.162. The molecule has 1 heterocycles. The molecular weight excluding hydrogens is 210 g/mol. The first-order valence-electron chi connectivity index (χ1n) is 5.50. The highest BCUT2D eigenvalue weighted by atomic mass is 16.5. The van der Waals surface area contributed by atoms with Crippen LogP contribution < -0.4 is 5.32 Å². The van der Waals surface area contributed by atoms with Gasteiger partial charge in [-0.2, -0.15) is 0 Å². The molecule has 16 heavy (non-hydrogen) atoms. The molecule has 2 atom stereocenters. The second-order valence-corrected chi connectivity index (χ2v) is 4.65. The molecule has 1 fully saturated rings. The van der Waals surface area contributed by atoms with E-state index in [1.165, 1.54) is 6.92 Å². The molecule has 1 aliphatic rings. The first-order valence-corrected chi connectivity index (χ1v) is 5.50. The van der Waals surface area contributed by atoms with E-state index in [1.54, 1.807) is 0 Å². The predicted octanol–water partition coefficient (Wildman–Crippen LogP) is 0.925. The first kappa shape index (κ1) is 13.0. The van der Waals surface area contributed by atoms with Crippen molar-refractivity contribution in [3.05, 3.63) is 0 Å². The highest BCUT2D eigenvalue weighted by Gasteiger charge is 2.48. The number of hydrogen-bond donors (Lipinski definition) is 2. The van der Waals surface area contributed by atoms with E-state index < -0.39 is 17.1 Å². The standard InChI is InChI=1S/C11H19NO4/c1-4-10(3)7-11(9(14)15,5-6-16-10)12-8(2)13/h4-7H2,1-3H3,(H,12,13)(H,14,15). The van der Waals surface area contributed by atoms with Crippen molar-refractivity contribution < 1.29 is 19.4 Å². The van der Waals surface area contributed by atoms with Crippen molar-refractivity contribution in [3.63, 3.8) is 0 Å². The van der Waals surface area contributed by atoms with Gasteiger partial charge >= 0.3 is 5.97 Å². The van der Waals surface area contributed by atoms with Gasteiger partial charge < -0.3 is 15.2 Å². The van der Waals surface area contributed by atoms with E-state index >= 15 is 0 Å². The van der Waals surface area contributed by atoms with Gasteiger partial charge in [0, 0.05) is 19.8 Å². The zero-order valence-corrected chi connectivity index (χ0v) is 10.0. The maximum absolute atomic E-state index is 11.3. The van der Waals surface area contributed by atoms with Crippen LogP contribution in [-0.4, -0.2) is 34.7 Å². The third-order valence-electron chi connectivity index (χ3n) is 3.23. The van der Waals surface area contributed by atoms with E-state index in [4.69, 9.17) is 4.74 Å². The number of carbonyl (C=O) groups is 2. The fourth-order valence-electron chi connectivity index (χ4n) is 2.16. The molecule has 2 unspecified atom stereocenters. The molecule has 5 nitrogen and oxygen atoms in total. The van der Waals surface area contributed by atoms with Gasteiger partial charge in [-0.25, -0.2) is 4.79 Å². The van der Waals surface area contributed by atoms with Crippen LogP contribution in [0, 0.1) is 0 Å². The molecule has 0 radical (unpaired) electrons. The number of hydrogen-bond acceptors (Lipinski definition) is 3. The maximum Gasteiger partial charge on any atom is 0.329 e. The average molecular weight is 229 g/mol. The number of carboxylic acid groups (broad SMARTS) is 1. The van der Waals surface area contributed by atoms with Gasteiger partial charge in [0.05, 0.1) is 12.2 Å². The summed E-state index contributed by atoms with van der Waals surface area (Å²) in [6.45, 7) is 5.53. The van der Waals surface area contributed by atoms with Gasteiger partial charge in [0.15, 0.2) is 0 Å². The summed E-state index contributed by atoms with van der Waals surface area (Å²) >= 11 is 0. The summed E-state index contributed by atoms with van der Waals surface area (Å²) in [5.74, 6) is -1.30. The Labute approximate surface area is 95.2 Å². The van der Waals surface area contributed by atoms with Gasteiger partial charge in [0.2, 0.25) is 5.91 Å². The fourth-order valence-corrected chi connectivity index (χ4v) is 2.16. The molecular formula is C11H19NO4. The van der Waals surface area contributed by atoms with E-state index in [0.29, 0.717) is 19.4 Å². The highest BCUT2D eigenvalue weighted by Crippen LogP contribution is 2.34. The van der Waals surface area contributed by atoms with E-state index in [1.807, 2.05) is 13.8 Å². The van der Waals surface area contributed by atoms with Gasteiger partial charge in [-0.15, -0.1) is 0 Å². The Bertz CT molecular complexity index is 304. The number of rotatable bonds is 3. The molecule has 0 aromatic heterocycles. The Balaban J connectivity index is 2.93. The van der Waals surface area contributed by atoms with Crippen molar-refractivity contribution in [3.8, 4) is 0 Å². The van der Waals surface area contributed by atoms with Gasteiger partial charge in [0.1, 0.15) is 5.54 Å². The first-order chi connectivity index (χ1) is 7.33. The number of carbonyl (C=O) groups excluding carboxylic acids is 1. The van der Waals surface area contributed by atoms with E-state index in [-0.39, 0.29) is 5.91 Å². The lowest BCUT2D eigenvalue weighted by atomic mass is 9.79. The molecule has 0 bridgehead atoms. The van der Waals surface area contributed by atoms with Crippen LogP contribution in [0.3, 0.4) is 0 Å². The van der Waals surface area contributed by atoms with Crippen molar-refractivity contribution in [2.24, 2.45) is 0 Å². The van der Waals surface area contributed by atoms with Crippen LogP contribution in [-0.2, 0) is 14.3 Å². The van der Waals surface area contributed by atoms with Gasteiger partial charge in [-0.3, -0.25) is 4.79 Å². The largest absolute Gasteiger partial charge is 0.480 e. The van der Waals surface area contributed by atoms with Crippen LogP contribution >= 0.6 is 0 Å². The molecule has 0 saturated carbocycles. The van der Waals surface area contributed by atoms with E-state index in [2.05, 4.69) is 5.32 Å². The number of ether oxygens (including phenoxy) is 1. The highest BCUT2D eigenvalue weighted by molar-refractivity contribution is 5.86. The molecule has 1 saturated heterocycles. The minimum Gasteiger partial charge on any atom is -0.480 e. The van der Waals surface area contributed by atoms with Gasteiger partial charge in [-0.05, 0) is 13.3 Å². The average Bonchev–Trinajstić information content (AvgIpc) is 2.16.